The number of halogens is 2. The van der Waals surface area contributed by atoms with Crippen LogP contribution in [-0.4, -0.2) is 9.97 Å². The Hall–Kier alpha value is -1.75. The summed E-state index contributed by atoms with van der Waals surface area (Å²) < 4.78 is 26.4. The first-order valence-electron chi connectivity index (χ1n) is 4.89. The van der Waals surface area contributed by atoms with Gasteiger partial charge in [0.25, 0.3) is 0 Å². The number of hydrogen-bond acceptors (Lipinski definition) is 2. The van der Waals surface area contributed by atoms with E-state index in [9.17, 15) is 8.78 Å². The molecule has 16 heavy (non-hydrogen) atoms. The van der Waals surface area contributed by atoms with Crippen LogP contribution >= 0.6 is 0 Å². The molecule has 84 valence electrons. The molecule has 2 N–H and O–H groups in total. The number of H-pyrrole nitrogens is 1. The Morgan fingerprint density at radius 3 is 2.56 bits per heavy atom. The van der Waals surface area contributed by atoms with E-state index < -0.39 is 11.6 Å². The van der Waals surface area contributed by atoms with Gasteiger partial charge in [-0.3, -0.25) is 0 Å². The Kier molecular flexibility index (Phi) is 3.26. The van der Waals surface area contributed by atoms with Crippen molar-refractivity contribution in [1.29, 1.82) is 0 Å². The van der Waals surface area contributed by atoms with E-state index in [2.05, 4.69) is 15.3 Å². The molecule has 0 spiro atoms. The minimum Gasteiger partial charge on any atom is -0.348 e. The molecule has 1 heterocycles. The van der Waals surface area contributed by atoms with Crippen LogP contribution in [0, 0.1) is 11.6 Å². The molecule has 0 saturated carbocycles. The highest BCUT2D eigenvalue weighted by atomic mass is 19.1. The predicted octanol–water partition coefficient (Wildman–Crippen LogP) is 1.98. The van der Waals surface area contributed by atoms with E-state index in [0.29, 0.717) is 6.54 Å². The molecule has 0 saturated heterocycles. The molecule has 0 aliphatic heterocycles. The quantitative estimate of drug-likeness (QED) is 0.832. The number of benzene rings is 1. The molecule has 0 unspecified atom stereocenters. The molecule has 0 bridgehead atoms. The van der Waals surface area contributed by atoms with Crippen LogP contribution in [0.4, 0.5) is 8.78 Å². The zero-order valence-electron chi connectivity index (χ0n) is 8.50. The van der Waals surface area contributed by atoms with Gasteiger partial charge in [0.15, 0.2) is 0 Å². The Labute approximate surface area is 91.5 Å². The molecule has 1 aromatic carbocycles. The van der Waals surface area contributed by atoms with Crippen molar-refractivity contribution < 1.29 is 8.78 Å². The van der Waals surface area contributed by atoms with E-state index >= 15 is 0 Å². The lowest BCUT2D eigenvalue weighted by atomic mass is 10.2. The van der Waals surface area contributed by atoms with Crippen molar-refractivity contribution in [3.05, 3.63) is 53.6 Å². The fourth-order valence-corrected chi connectivity index (χ4v) is 1.40. The molecule has 2 aromatic rings. The number of nitrogens with zero attached hydrogens (tertiary/aromatic N) is 1. The molecule has 0 atom stereocenters. The van der Waals surface area contributed by atoms with Gasteiger partial charge in [0.2, 0.25) is 0 Å². The summed E-state index contributed by atoms with van der Waals surface area (Å²) in [5.74, 6) is -0.337. The number of rotatable bonds is 4. The summed E-state index contributed by atoms with van der Waals surface area (Å²) in [6.45, 7) is 0.583. The lowest BCUT2D eigenvalue weighted by Gasteiger charge is -2.05. The van der Waals surface area contributed by atoms with Gasteiger partial charge in [-0.05, 0) is 12.1 Å². The van der Waals surface area contributed by atoms with Crippen LogP contribution in [0.15, 0.2) is 30.6 Å². The molecular formula is C11H11F2N3. The minimum atomic E-state index is -0.535. The maximum absolute atomic E-state index is 13.2. The molecule has 0 fully saturated rings. The third-order valence-electron chi connectivity index (χ3n) is 2.21. The van der Waals surface area contributed by atoms with E-state index in [1.165, 1.54) is 18.2 Å². The summed E-state index contributed by atoms with van der Waals surface area (Å²) in [6.07, 6.45) is 3.32. The molecule has 0 radical (unpaired) electrons. The van der Waals surface area contributed by atoms with Crippen molar-refractivity contribution in [3.63, 3.8) is 0 Å². The van der Waals surface area contributed by atoms with Gasteiger partial charge < -0.3 is 10.3 Å². The van der Waals surface area contributed by atoms with Crippen molar-refractivity contribution in [2.24, 2.45) is 0 Å². The molecule has 0 amide bonds. The third-order valence-corrected chi connectivity index (χ3v) is 2.21. The van der Waals surface area contributed by atoms with Crippen LogP contribution in [0.1, 0.15) is 11.4 Å². The summed E-state index contributed by atoms with van der Waals surface area (Å²) in [5, 5.41) is 2.91. The van der Waals surface area contributed by atoms with Gasteiger partial charge in [-0.2, -0.15) is 0 Å². The maximum atomic E-state index is 13.2. The minimum absolute atomic E-state index is 0.0501. The van der Waals surface area contributed by atoms with Gasteiger partial charge in [-0.15, -0.1) is 0 Å². The average molecular weight is 223 g/mol. The molecule has 3 nitrogen and oxygen atoms in total. The zero-order valence-corrected chi connectivity index (χ0v) is 8.50. The van der Waals surface area contributed by atoms with Gasteiger partial charge in [0, 0.05) is 24.5 Å². The van der Waals surface area contributed by atoms with Crippen LogP contribution < -0.4 is 5.32 Å². The van der Waals surface area contributed by atoms with Crippen molar-refractivity contribution in [2.45, 2.75) is 13.1 Å². The summed E-state index contributed by atoms with van der Waals surface area (Å²) in [4.78, 5) is 6.88. The molecule has 2 rings (SSSR count). The van der Waals surface area contributed by atoms with Gasteiger partial charge in [0.05, 0.1) is 6.54 Å². The van der Waals surface area contributed by atoms with Gasteiger partial charge in [-0.25, -0.2) is 13.8 Å². The zero-order chi connectivity index (χ0) is 11.4. The van der Waals surface area contributed by atoms with Gasteiger partial charge in [-0.1, -0.05) is 6.07 Å². The number of aromatic nitrogens is 2. The van der Waals surface area contributed by atoms with Crippen LogP contribution in [-0.2, 0) is 13.1 Å². The van der Waals surface area contributed by atoms with Crippen LogP contribution in [0.3, 0.4) is 0 Å². The van der Waals surface area contributed by atoms with E-state index in [0.717, 1.165) is 5.82 Å². The first-order valence-corrected chi connectivity index (χ1v) is 4.89. The van der Waals surface area contributed by atoms with Crippen molar-refractivity contribution in [1.82, 2.24) is 15.3 Å². The van der Waals surface area contributed by atoms with E-state index in [1.807, 2.05) is 0 Å². The van der Waals surface area contributed by atoms with E-state index in [1.54, 1.807) is 12.4 Å². The number of nitrogens with one attached hydrogen (secondary N) is 2. The summed E-state index contributed by atoms with van der Waals surface area (Å²) in [6, 6.07) is 3.83. The van der Waals surface area contributed by atoms with Crippen molar-refractivity contribution in [2.75, 3.05) is 0 Å². The SMILES string of the molecule is Fc1cccc(F)c1CNCc1ncc[nH]1. The fourth-order valence-electron chi connectivity index (χ4n) is 1.40. The Balaban J connectivity index is 1.95. The predicted molar refractivity (Wildman–Crippen MR) is 55.5 cm³/mol. The second kappa shape index (κ2) is 4.85. The maximum Gasteiger partial charge on any atom is 0.130 e. The summed E-state index contributed by atoms with van der Waals surface area (Å²) in [7, 11) is 0. The second-order valence-corrected chi connectivity index (χ2v) is 3.34. The largest absolute Gasteiger partial charge is 0.348 e. The van der Waals surface area contributed by atoms with Gasteiger partial charge >= 0.3 is 0 Å². The monoisotopic (exact) mass is 223 g/mol. The number of aromatic amines is 1. The smallest absolute Gasteiger partial charge is 0.130 e. The first-order chi connectivity index (χ1) is 7.77. The van der Waals surface area contributed by atoms with Crippen LogP contribution in [0.5, 0.6) is 0 Å². The first kappa shape index (κ1) is 10.8. The van der Waals surface area contributed by atoms with Crippen molar-refractivity contribution >= 4 is 0 Å². The number of imidazole rings is 1. The molecular weight excluding hydrogens is 212 g/mol. The summed E-state index contributed by atoms with van der Waals surface area (Å²) in [5.41, 5.74) is 0.0501. The molecule has 0 aliphatic rings. The lowest BCUT2D eigenvalue weighted by Crippen LogP contribution is -2.15. The van der Waals surface area contributed by atoms with Gasteiger partial charge in [0.1, 0.15) is 17.5 Å². The van der Waals surface area contributed by atoms with E-state index in [4.69, 9.17) is 0 Å². The molecule has 0 aliphatic carbocycles. The second-order valence-electron chi connectivity index (χ2n) is 3.34. The average Bonchev–Trinajstić information content (AvgIpc) is 2.75. The van der Waals surface area contributed by atoms with E-state index in [-0.39, 0.29) is 12.1 Å². The highest BCUT2D eigenvalue weighted by Crippen LogP contribution is 2.11. The Bertz CT molecular complexity index is 434. The molecule has 1 aromatic heterocycles. The summed E-state index contributed by atoms with van der Waals surface area (Å²) >= 11 is 0. The highest BCUT2D eigenvalue weighted by molar-refractivity contribution is 5.19. The third kappa shape index (κ3) is 2.43. The van der Waals surface area contributed by atoms with Crippen LogP contribution in [0.25, 0.3) is 0 Å². The Morgan fingerprint density at radius 1 is 1.19 bits per heavy atom. The normalized spacial score (nSPS) is 10.6. The lowest BCUT2D eigenvalue weighted by molar-refractivity contribution is 0.533. The Morgan fingerprint density at radius 2 is 1.94 bits per heavy atom. The highest BCUT2D eigenvalue weighted by Gasteiger charge is 2.07. The van der Waals surface area contributed by atoms with Crippen molar-refractivity contribution in [3.8, 4) is 0 Å². The molecule has 5 heteroatoms. The van der Waals surface area contributed by atoms with Crippen LogP contribution in [0.2, 0.25) is 0 Å². The fraction of sp³-hybridized carbons (Fsp3) is 0.182. The standard InChI is InChI=1S/C11H11F2N3/c12-9-2-1-3-10(13)8(9)6-14-7-11-15-4-5-16-11/h1-5,14H,6-7H2,(H,15,16). The number of hydrogen-bond donors (Lipinski definition) is 2. The topological polar surface area (TPSA) is 40.7 Å².